The molecule has 24 heavy (non-hydrogen) atoms. The molecule has 0 unspecified atom stereocenters. The van der Waals surface area contributed by atoms with Gasteiger partial charge in [-0.1, -0.05) is 22.0 Å². The second kappa shape index (κ2) is 9.33. The third-order valence-corrected chi connectivity index (χ3v) is 3.94. The third-order valence-electron chi connectivity index (χ3n) is 3.41. The summed E-state index contributed by atoms with van der Waals surface area (Å²) in [5.74, 6) is 1.43. The molecule has 0 saturated heterocycles. The van der Waals surface area contributed by atoms with E-state index in [1.165, 1.54) is 0 Å². The van der Waals surface area contributed by atoms with Crippen molar-refractivity contribution in [2.24, 2.45) is 0 Å². The predicted molar refractivity (Wildman–Crippen MR) is 99.0 cm³/mol. The molecule has 0 aromatic heterocycles. The molecule has 0 aliphatic heterocycles. The molecule has 2 aromatic carbocycles. The van der Waals surface area contributed by atoms with Crippen LogP contribution in [0.1, 0.15) is 29.8 Å². The Labute approximate surface area is 151 Å². The summed E-state index contributed by atoms with van der Waals surface area (Å²) < 4.78 is 12.1. The lowest BCUT2D eigenvalue weighted by molar-refractivity contribution is 0.0954. The van der Waals surface area contributed by atoms with Crippen molar-refractivity contribution in [2.75, 3.05) is 19.8 Å². The van der Waals surface area contributed by atoms with Crippen LogP contribution in [0.3, 0.4) is 0 Å². The van der Waals surface area contributed by atoms with Gasteiger partial charge in [0.1, 0.15) is 0 Å². The number of benzene rings is 2. The summed E-state index contributed by atoms with van der Waals surface area (Å²) in [6, 6.07) is 13.2. The summed E-state index contributed by atoms with van der Waals surface area (Å²) in [4.78, 5) is 12.1. The largest absolute Gasteiger partial charge is 0.490 e. The van der Waals surface area contributed by atoms with E-state index in [2.05, 4.69) is 21.2 Å². The van der Waals surface area contributed by atoms with Gasteiger partial charge in [0, 0.05) is 16.6 Å². The van der Waals surface area contributed by atoms with Crippen LogP contribution in [0.15, 0.2) is 46.9 Å². The summed E-state index contributed by atoms with van der Waals surface area (Å²) >= 11 is 3.36. The Balaban J connectivity index is 1.92. The fraction of sp³-hybridized carbons (Fsp3) is 0.316. The number of ether oxygens (including phenoxy) is 2. The number of halogens is 1. The first kappa shape index (κ1) is 18.3. The molecule has 5 heteroatoms. The minimum Gasteiger partial charge on any atom is -0.490 e. The van der Waals surface area contributed by atoms with Gasteiger partial charge in [0.15, 0.2) is 11.5 Å². The summed E-state index contributed by atoms with van der Waals surface area (Å²) in [5, 5.41) is 2.93. The highest BCUT2D eigenvalue weighted by Crippen LogP contribution is 2.28. The van der Waals surface area contributed by atoms with Crippen LogP contribution in [0.5, 0.6) is 11.5 Å². The van der Waals surface area contributed by atoms with Crippen LogP contribution in [-0.4, -0.2) is 25.7 Å². The Morgan fingerprint density at radius 3 is 2.33 bits per heavy atom. The van der Waals surface area contributed by atoms with Crippen LogP contribution in [0.2, 0.25) is 0 Å². The van der Waals surface area contributed by atoms with Crippen LogP contribution in [0.4, 0.5) is 0 Å². The minimum absolute atomic E-state index is 0.0709. The van der Waals surface area contributed by atoms with Gasteiger partial charge in [0.2, 0.25) is 0 Å². The van der Waals surface area contributed by atoms with E-state index in [4.69, 9.17) is 9.47 Å². The van der Waals surface area contributed by atoms with Crippen molar-refractivity contribution in [3.63, 3.8) is 0 Å². The Morgan fingerprint density at radius 2 is 1.67 bits per heavy atom. The number of carbonyl (C=O) groups is 1. The monoisotopic (exact) mass is 391 g/mol. The predicted octanol–water partition coefficient (Wildman–Crippen LogP) is 4.22. The molecule has 2 rings (SSSR count). The molecule has 128 valence electrons. The van der Waals surface area contributed by atoms with Crippen molar-refractivity contribution in [1.29, 1.82) is 0 Å². The number of hydrogen-bond acceptors (Lipinski definition) is 3. The first-order chi connectivity index (χ1) is 11.6. The van der Waals surface area contributed by atoms with Gasteiger partial charge in [-0.2, -0.15) is 0 Å². The minimum atomic E-state index is -0.0709. The lowest BCUT2D eigenvalue weighted by Crippen LogP contribution is -2.25. The number of carbonyl (C=O) groups excluding carboxylic acids is 1. The molecule has 0 aliphatic rings. The van der Waals surface area contributed by atoms with Crippen LogP contribution in [-0.2, 0) is 6.42 Å². The van der Waals surface area contributed by atoms with Gasteiger partial charge in [-0.15, -0.1) is 0 Å². The van der Waals surface area contributed by atoms with E-state index in [-0.39, 0.29) is 5.91 Å². The lowest BCUT2D eigenvalue weighted by atomic mass is 10.1. The van der Waals surface area contributed by atoms with E-state index < -0.39 is 0 Å². The summed E-state index contributed by atoms with van der Waals surface area (Å²) in [7, 11) is 0. The molecule has 0 atom stereocenters. The van der Waals surface area contributed by atoms with Gasteiger partial charge in [0.05, 0.1) is 13.2 Å². The highest BCUT2D eigenvalue weighted by Gasteiger charge is 2.08. The van der Waals surface area contributed by atoms with Crippen LogP contribution in [0.25, 0.3) is 0 Å². The maximum absolute atomic E-state index is 12.1. The molecule has 0 bridgehead atoms. The summed E-state index contributed by atoms with van der Waals surface area (Å²) in [6.07, 6.45) is 0.731. The Bertz CT molecular complexity index is 671. The van der Waals surface area contributed by atoms with Crippen molar-refractivity contribution in [1.82, 2.24) is 5.32 Å². The average molecular weight is 392 g/mol. The van der Waals surface area contributed by atoms with Gasteiger partial charge in [0.25, 0.3) is 5.91 Å². The second-order valence-electron chi connectivity index (χ2n) is 5.16. The van der Waals surface area contributed by atoms with Crippen molar-refractivity contribution in [3.05, 3.63) is 58.1 Å². The molecule has 2 aromatic rings. The number of rotatable bonds is 8. The molecule has 0 heterocycles. The van der Waals surface area contributed by atoms with Gasteiger partial charge >= 0.3 is 0 Å². The van der Waals surface area contributed by atoms with E-state index >= 15 is 0 Å². The van der Waals surface area contributed by atoms with Crippen LogP contribution < -0.4 is 14.8 Å². The Hall–Kier alpha value is -2.01. The average Bonchev–Trinajstić information content (AvgIpc) is 2.58. The molecular formula is C19H22BrNO3. The summed E-state index contributed by atoms with van der Waals surface area (Å²) in [6.45, 7) is 5.64. The van der Waals surface area contributed by atoms with Gasteiger partial charge in [-0.3, -0.25) is 4.79 Å². The zero-order valence-electron chi connectivity index (χ0n) is 14.0. The first-order valence-electron chi connectivity index (χ1n) is 8.06. The van der Waals surface area contributed by atoms with E-state index in [0.29, 0.717) is 25.3 Å². The standard InChI is InChI=1S/C19H22BrNO3/c1-3-23-17-10-5-14(13-18(17)24-4-2)11-12-21-19(22)15-6-8-16(20)9-7-15/h5-10,13H,3-4,11-12H2,1-2H3,(H,21,22). The van der Waals surface area contributed by atoms with Gasteiger partial charge in [-0.05, 0) is 62.2 Å². The van der Waals surface area contributed by atoms with Crippen molar-refractivity contribution >= 4 is 21.8 Å². The quantitative estimate of drug-likeness (QED) is 0.732. The molecule has 0 fully saturated rings. The van der Waals surface area contributed by atoms with Gasteiger partial charge < -0.3 is 14.8 Å². The first-order valence-corrected chi connectivity index (χ1v) is 8.85. The highest BCUT2D eigenvalue weighted by molar-refractivity contribution is 9.10. The molecule has 1 amide bonds. The molecule has 0 spiro atoms. The van der Waals surface area contributed by atoms with E-state index in [1.54, 1.807) is 12.1 Å². The van der Waals surface area contributed by atoms with E-state index in [1.807, 2.05) is 44.2 Å². The smallest absolute Gasteiger partial charge is 0.251 e. The van der Waals surface area contributed by atoms with E-state index in [9.17, 15) is 4.79 Å². The van der Waals surface area contributed by atoms with Crippen LogP contribution in [0, 0.1) is 0 Å². The number of nitrogens with one attached hydrogen (secondary N) is 1. The van der Waals surface area contributed by atoms with Crippen LogP contribution >= 0.6 is 15.9 Å². The Morgan fingerprint density at radius 1 is 1.00 bits per heavy atom. The second-order valence-corrected chi connectivity index (χ2v) is 6.08. The van der Waals surface area contributed by atoms with E-state index in [0.717, 1.165) is 28.0 Å². The van der Waals surface area contributed by atoms with Gasteiger partial charge in [-0.25, -0.2) is 0 Å². The fourth-order valence-corrected chi connectivity index (χ4v) is 2.54. The molecular weight excluding hydrogens is 370 g/mol. The Kier molecular flexibility index (Phi) is 7.12. The van der Waals surface area contributed by atoms with Crippen molar-refractivity contribution < 1.29 is 14.3 Å². The third kappa shape index (κ3) is 5.27. The highest BCUT2D eigenvalue weighted by atomic mass is 79.9. The SMILES string of the molecule is CCOc1ccc(CCNC(=O)c2ccc(Br)cc2)cc1OCC. The normalized spacial score (nSPS) is 10.3. The molecule has 0 radical (unpaired) electrons. The summed E-state index contributed by atoms with van der Waals surface area (Å²) in [5.41, 5.74) is 1.75. The zero-order chi connectivity index (χ0) is 17.4. The zero-order valence-corrected chi connectivity index (χ0v) is 15.6. The fourth-order valence-electron chi connectivity index (χ4n) is 2.27. The number of hydrogen-bond donors (Lipinski definition) is 1. The molecule has 0 saturated carbocycles. The maximum atomic E-state index is 12.1. The maximum Gasteiger partial charge on any atom is 0.251 e. The number of amides is 1. The molecule has 1 N–H and O–H groups in total. The van der Waals surface area contributed by atoms with Crippen molar-refractivity contribution in [3.8, 4) is 11.5 Å². The molecule has 4 nitrogen and oxygen atoms in total. The van der Waals surface area contributed by atoms with Crippen molar-refractivity contribution in [2.45, 2.75) is 20.3 Å². The lowest BCUT2D eigenvalue weighted by Gasteiger charge is -2.12. The molecule has 0 aliphatic carbocycles. The topological polar surface area (TPSA) is 47.6 Å².